The number of rotatable bonds is 3. The quantitative estimate of drug-likeness (QED) is 0.836. The molecule has 3 aliphatic rings. The van der Waals surface area contributed by atoms with Crippen LogP contribution in [0.3, 0.4) is 0 Å². The van der Waals surface area contributed by atoms with Gasteiger partial charge in [0, 0.05) is 37.8 Å². The van der Waals surface area contributed by atoms with E-state index >= 15 is 0 Å². The monoisotopic (exact) mass is 280 g/mol. The van der Waals surface area contributed by atoms with Gasteiger partial charge in [-0.25, -0.2) is 0 Å². The smallest absolute Gasteiger partial charge is 0.0357 e. The zero-order chi connectivity index (χ0) is 14.0. The van der Waals surface area contributed by atoms with Gasteiger partial charge in [-0.2, -0.15) is 0 Å². The summed E-state index contributed by atoms with van der Waals surface area (Å²) in [5.74, 6) is 0. The van der Waals surface area contributed by atoms with Gasteiger partial charge in [-0.3, -0.25) is 9.80 Å². The zero-order valence-electron chi connectivity index (χ0n) is 13.2. The third-order valence-electron chi connectivity index (χ3n) is 6.12. The molecule has 0 bridgehead atoms. The summed E-state index contributed by atoms with van der Waals surface area (Å²) in [6.07, 6.45) is 6.77. The van der Waals surface area contributed by atoms with Gasteiger partial charge in [0.1, 0.15) is 0 Å². The van der Waals surface area contributed by atoms with E-state index in [9.17, 15) is 0 Å². The molecule has 0 aromatic rings. The predicted molar refractivity (Wildman–Crippen MR) is 83.9 cm³/mol. The van der Waals surface area contributed by atoms with Crippen LogP contribution in [0.15, 0.2) is 0 Å². The highest BCUT2D eigenvalue weighted by atomic mass is 15.3. The topological polar surface area (TPSA) is 35.7 Å². The summed E-state index contributed by atoms with van der Waals surface area (Å²) in [5, 5.41) is 0. The summed E-state index contributed by atoms with van der Waals surface area (Å²) in [5.41, 5.74) is 6.55. The largest absolute Gasteiger partial charge is 0.329 e. The molecule has 3 fully saturated rings. The van der Waals surface area contributed by atoms with E-state index in [1.54, 1.807) is 0 Å². The van der Waals surface area contributed by atoms with Gasteiger partial charge in [0.05, 0.1) is 0 Å². The molecule has 4 heteroatoms. The van der Waals surface area contributed by atoms with Gasteiger partial charge in [0.25, 0.3) is 0 Å². The molecule has 116 valence electrons. The van der Waals surface area contributed by atoms with Gasteiger partial charge in [0.2, 0.25) is 0 Å². The Balaban J connectivity index is 1.64. The summed E-state index contributed by atoms with van der Waals surface area (Å²) in [6, 6.07) is 0.810. The molecule has 0 aromatic heterocycles. The van der Waals surface area contributed by atoms with Gasteiger partial charge in [-0.05, 0) is 51.9 Å². The van der Waals surface area contributed by atoms with Gasteiger partial charge in [-0.1, -0.05) is 13.3 Å². The van der Waals surface area contributed by atoms with Crippen molar-refractivity contribution in [3.05, 3.63) is 0 Å². The molecule has 0 amide bonds. The van der Waals surface area contributed by atoms with Crippen LogP contribution >= 0.6 is 0 Å². The second kappa shape index (κ2) is 6.30. The lowest BCUT2D eigenvalue weighted by atomic mass is 9.83. The maximum atomic E-state index is 6.25. The molecule has 0 saturated carbocycles. The molecule has 0 aromatic carbocycles. The standard InChI is InChI=1S/C16H32N4/c1-2-18-9-6-16(14-17,7-10-18)20-12-11-19-8-4-3-5-15(19)13-20/h15H,2-14,17H2,1H3. The molecule has 0 spiro atoms. The Morgan fingerprint density at radius 3 is 2.55 bits per heavy atom. The molecule has 3 rings (SSSR count). The number of likely N-dealkylation sites (tertiary alicyclic amines) is 1. The zero-order valence-corrected chi connectivity index (χ0v) is 13.2. The van der Waals surface area contributed by atoms with Crippen LogP contribution in [-0.2, 0) is 0 Å². The maximum Gasteiger partial charge on any atom is 0.0357 e. The van der Waals surface area contributed by atoms with Crippen molar-refractivity contribution in [3.8, 4) is 0 Å². The van der Waals surface area contributed by atoms with Crippen molar-refractivity contribution in [2.75, 3.05) is 52.4 Å². The lowest BCUT2D eigenvalue weighted by Crippen LogP contribution is -2.66. The van der Waals surface area contributed by atoms with Crippen molar-refractivity contribution in [3.63, 3.8) is 0 Å². The normalized spacial score (nSPS) is 33.0. The lowest BCUT2D eigenvalue weighted by Gasteiger charge is -2.54. The maximum absolute atomic E-state index is 6.25. The highest BCUT2D eigenvalue weighted by Gasteiger charge is 2.42. The van der Waals surface area contributed by atoms with Crippen LogP contribution in [0.4, 0.5) is 0 Å². The minimum atomic E-state index is 0.301. The molecule has 0 aliphatic carbocycles. The average Bonchev–Trinajstić information content (AvgIpc) is 2.54. The number of nitrogens with two attached hydrogens (primary N) is 1. The molecule has 1 unspecified atom stereocenters. The Bertz CT molecular complexity index is 312. The molecule has 20 heavy (non-hydrogen) atoms. The number of nitrogens with zero attached hydrogens (tertiary/aromatic N) is 3. The summed E-state index contributed by atoms with van der Waals surface area (Å²) >= 11 is 0. The first-order valence-corrected chi connectivity index (χ1v) is 8.69. The molecule has 1 atom stereocenters. The van der Waals surface area contributed by atoms with E-state index in [0.29, 0.717) is 5.54 Å². The van der Waals surface area contributed by atoms with Crippen molar-refractivity contribution in [2.45, 2.75) is 50.6 Å². The summed E-state index contributed by atoms with van der Waals surface area (Å²) in [6.45, 7) is 11.9. The predicted octanol–water partition coefficient (Wildman–Crippen LogP) is 0.970. The Hall–Kier alpha value is -0.160. The van der Waals surface area contributed by atoms with Crippen molar-refractivity contribution in [1.29, 1.82) is 0 Å². The first kappa shape index (κ1) is 14.8. The molecular weight excluding hydrogens is 248 g/mol. The molecule has 3 heterocycles. The Morgan fingerprint density at radius 2 is 1.85 bits per heavy atom. The van der Waals surface area contributed by atoms with Crippen LogP contribution in [0, 0.1) is 0 Å². The van der Waals surface area contributed by atoms with E-state index in [1.807, 2.05) is 0 Å². The fourth-order valence-corrected chi connectivity index (χ4v) is 4.52. The molecule has 2 N–H and O–H groups in total. The summed E-state index contributed by atoms with van der Waals surface area (Å²) in [4.78, 5) is 8.07. The molecule has 3 saturated heterocycles. The highest BCUT2D eigenvalue weighted by Crippen LogP contribution is 2.32. The average molecular weight is 280 g/mol. The van der Waals surface area contributed by atoms with E-state index in [1.165, 1.54) is 77.9 Å². The second-order valence-electron chi connectivity index (χ2n) is 6.99. The Labute approximate surface area is 124 Å². The van der Waals surface area contributed by atoms with Gasteiger partial charge >= 0.3 is 0 Å². The van der Waals surface area contributed by atoms with E-state index in [0.717, 1.165) is 12.6 Å². The molecule has 4 nitrogen and oxygen atoms in total. The first-order valence-electron chi connectivity index (χ1n) is 8.69. The molecular formula is C16H32N4. The van der Waals surface area contributed by atoms with E-state index < -0.39 is 0 Å². The van der Waals surface area contributed by atoms with Crippen molar-refractivity contribution < 1.29 is 0 Å². The van der Waals surface area contributed by atoms with Crippen molar-refractivity contribution in [2.24, 2.45) is 5.73 Å². The summed E-state index contributed by atoms with van der Waals surface area (Å²) in [7, 11) is 0. The SMILES string of the molecule is CCN1CCC(CN)(N2CCN3CCCCC3C2)CC1. The van der Waals surface area contributed by atoms with Crippen LogP contribution in [0.5, 0.6) is 0 Å². The van der Waals surface area contributed by atoms with Crippen LogP contribution in [-0.4, -0.2) is 78.6 Å². The number of piperidine rings is 2. The lowest BCUT2D eigenvalue weighted by molar-refractivity contribution is -0.0366. The van der Waals surface area contributed by atoms with E-state index in [2.05, 4.69) is 21.6 Å². The Kier molecular flexibility index (Phi) is 4.65. The highest BCUT2D eigenvalue weighted by molar-refractivity contribution is 5.00. The van der Waals surface area contributed by atoms with E-state index in [-0.39, 0.29) is 0 Å². The number of hydrogen-bond acceptors (Lipinski definition) is 4. The third kappa shape index (κ3) is 2.76. The molecule has 3 aliphatic heterocycles. The molecule has 0 radical (unpaired) electrons. The van der Waals surface area contributed by atoms with Gasteiger partial charge in [0.15, 0.2) is 0 Å². The Morgan fingerprint density at radius 1 is 1.05 bits per heavy atom. The fourth-order valence-electron chi connectivity index (χ4n) is 4.52. The minimum absolute atomic E-state index is 0.301. The first-order chi connectivity index (χ1) is 9.77. The minimum Gasteiger partial charge on any atom is -0.329 e. The van der Waals surface area contributed by atoms with Crippen LogP contribution in [0.1, 0.15) is 39.0 Å². The van der Waals surface area contributed by atoms with Crippen LogP contribution < -0.4 is 5.73 Å². The van der Waals surface area contributed by atoms with Gasteiger partial charge < -0.3 is 10.6 Å². The number of hydrogen-bond donors (Lipinski definition) is 1. The van der Waals surface area contributed by atoms with Crippen molar-refractivity contribution in [1.82, 2.24) is 14.7 Å². The fraction of sp³-hybridized carbons (Fsp3) is 1.00. The summed E-state index contributed by atoms with van der Waals surface area (Å²) < 4.78 is 0. The van der Waals surface area contributed by atoms with Crippen LogP contribution in [0.25, 0.3) is 0 Å². The second-order valence-corrected chi connectivity index (χ2v) is 6.99. The third-order valence-corrected chi connectivity index (χ3v) is 6.12. The van der Waals surface area contributed by atoms with Crippen LogP contribution in [0.2, 0.25) is 0 Å². The van der Waals surface area contributed by atoms with E-state index in [4.69, 9.17) is 5.73 Å². The number of fused-ring (bicyclic) bond motifs is 1. The van der Waals surface area contributed by atoms with Crippen molar-refractivity contribution >= 4 is 0 Å². The number of piperazine rings is 1. The van der Waals surface area contributed by atoms with Gasteiger partial charge in [-0.15, -0.1) is 0 Å².